The molecule has 0 aliphatic carbocycles. The van der Waals surface area contributed by atoms with Crippen LogP contribution in [0.15, 0.2) is 95.4 Å². The lowest BCUT2D eigenvalue weighted by Crippen LogP contribution is -2.39. The van der Waals surface area contributed by atoms with Crippen molar-refractivity contribution in [3.8, 4) is 17.2 Å². The zero-order valence-corrected chi connectivity index (χ0v) is 20.8. The standard InChI is InChI=1S/C26H27N3O6S/c1-4-16-35-22-12-10-20(11-13-22)18-27-28-26(30)19-29(21-8-6-5-7-9-21)36(31,32)23-14-15-24(33-2)25(17-23)34-3/h4-15,17-18H,1,16,19H2,2-3H3,(H,28,30)/b27-18-. The smallest absolute Gasteiger partial charge is 0.264 e. The van der Waals surface area contributed by atoms with E-state index in [1.54, 1.807) is 60.7 Å². The maximum atomic E-state index is 13.5. The first-order valence-corrected chi connectivity index (χ1v) is 12.3. The second kappa shape index (κ2) is 12.4. The number of nitrogens with one attached hydrogen (secondary N) is 1. The highest BCUT2D eigenvalue weighted by Crippen LogP contribution is 2.32. The van der Waals surface area contributed by atoms with Crippen LogP contribution in [-0.2, 0) is 14.8 Å². The van der Waals surface area contributed by atoms with Crippen LogP contribution >= 0.6 is 0 Å². The number of methoxy groups -OCH3 is 2. The van der Waals surface area contributed by atoms with Gasteiger partial charge in [-0.2, -0.15) is 5.10 Å². The third-order valence-corrected chi connectivity index (χ3v) is 6.70. The van der Waals surface area contributed by atoms with Gasteiger partial charge in [-0.05, 0) is 54.1 Å². The SMILES string of the molecule is C=CCOc1ccc(/C=N\NC(=O)CN(c2ccccc2)S(=O)(=O)c2ccc(OC)c(OC)c2)cc1. The monoisotopic (exact) mass is 509 g/mol. The molecule has 0 saturated carbocycles. The Labute approximate surface area is 210 Å². The molecule has 9 nitrogen and oxygen atoms in total. The van der Waals surface area contributed by atoms with E-state index in [4.69, 9.17) is 14.2 Å². The third kappa shape index (κ3) is 6.63. The number of benzene rings is 3. The van der Waals surface area contributed by atoms with Gasteiger partial charge in [-0.15, -0.1) is 0 Å². The highest BCUT2D eigenvalue weighted by molar-refractivity contribution is 7.92. The lowest BCUT2D eigenvalue weighted by atomic mass is 10.2. The second-order valence-electron chi connectivity index (χ2n) is 7.33. The van der Waals surface area contributed by atoms with E-state index in [0.29, 0.717) is 23.8 Å². The van der Waals surface area contributed by atoms with E-state index in [0.717, 1.165) is 9.87 Å². The Morgan fingerprint density at radius 1 is 1.00 bits per heavy atom. The van der Waals surface area contributed by atoms with Gasteiger partial charge in [0.15, 0.2) is 11.5 Å². The molecule has 0 unspecified atom stereocenters. The Bertz CT molecular complexity index is 1310. The van der Waals surface area contributed by atoms with Crippen molar-refractivity contribution in [2.75, 3.05) is 31.7 Å². The van der Waals surface area contributed by atoms with Gasteiger partial charge in [-0.3, -0.25) is 9.10 Å². The van der Waals surface area contributed by atoms with Gasteiger partial charge < -0.3 is 14.2 Å². The van der Waals surface area contributed by atoms with E-state index in [1.165, 1.54) is 38.6 Å². The summed E-state index contributed by atoms with van der Waals surface area (Å²) in [5.41, 5.74) is 3.42. The van der Waals surface area contributed by atoms with Crippen molar-refractivity contribution in [3.63, 3.8) is 0 Å². The summed E-state index contributed by atoms with van der Waals surface area (Å²) in [6.07, 6.45) is 3.10. The number of amides is 1. The first kappa shape index (κ1) is 26.3. The Kier molecular flexibility index (Phi) is 9.07. The average Bonchev–Trinajstić information content (AvgIpc) is 2.91. The number of anilines is 1. The van der Waals surface area contributed by atoms with Crippen LogP contribution < -0.4 is 23.9 Å². The van der Waals surface area contributed by atoms with Gasteiger partial charge in [0.1, 0.15) is 18.9 Å². The molecule has 1 amide bonds. The lowest BCUT2D eigenvalue weighted by Gasteiger charge is -2.24. The van der Waals surface area contributed by atoms with Gasteiger partial charge in [0, 0.05) is 6.07 Å². The molecule has 0 aromatic heterocycles. The first-order chi connectivity index (χ1) is 17.4. The number of nitrogens with zero attached hydrogens (tertiary/aromatic N) is 2. The number of hydrazone groups is 1. The molecule has 10 heteroatoms. The Morgan fingerprint density at radius 3 is 2.33 bits per heavy atom. The fourth-order valence-corrected chi connectivity index (χ4v) is 4.60. The van der Waals surface area contributed by atoms with Crippen molar-refractivity contribution in [3.05, 3.63) is 91.0 Å². The normalized spacial score (nSPS) is 11.1. The van der Waals surface area contributed by atoms with E-state index in [1.807, 2.05) is 0 Å². The molecule has 36 heavy (non-hydrogen) atoms. The molecule has 0 radical (unpaired) electrons. The third-order valence-electron chi connectivity index (χ3n) is 4.93. The minimum Gasteiger partial charge on any atom is -0.493 e. The van der Waals surface area contributed by atoms with Crippen molar-refractivity contribution in [2.45, 2.75) is 4.90 Å². The van der Waals surface area contributed by atoms with Crippen molar-refractivity contribution >= 4 is 27.8 Å². The van der Waals surface area contributed by atoms with E-state index in [-0.39, 0.29) is 10.6 Å². The zero-order valence-electron chi connectivity index (χ0n) is 20.0. The number of hydrogen-bond acceptors (Lipinski definition) is 7. The number of hydrogen-bond donors (Lipinski definition) is 1. The van der Waals surface area contributed by atoms with Crippen LogP contribution in [0.25, 0.3) is 0 Å². The summed E-state index contributed by atoms with van der Waals surface area (Å²) in [6, 6.07) is 19.6. The highest BCUT2D eigenvalue weighted by atomic mass is 32.2. The highest BCUT2D eigenvalue weighted by Gasteiger charge is 2.28. The van der Waals surface area contributed by atoms with Crippen LogP contribution in [0.2, 0.25) is 0 Å². The number of ether oxygens (including phenoxy) is 3. The molecule has 0 bridgehead atoms. The van der Waals surface area contributed by atoms with Crippen LogP contribution in [-0.4, -0.2) is 47.9 Å². The van der Waals surface area contributed by atoms with E-state index in [9.17, 15) is 13.2 Å². The summed E-state index contributed by atoms with van der Waals surface area (Å²) >= 11 is 0. The van der Waals surface area contributed by atoms with Gasteiger partial charge in [0.25, 0.3) is 15.9 Å². The maximum Gasteiger partial charge on any atom is 0.264 e. The predicted octanol–water partition coefficient (Wildman–Crippen LogP) is 3.61. The van der Waals surface area contributed by atoms with Crippen LogP contribution in [0.1, 0.15) is 5.56 Å². The van der Waals surface area contributed by atoms with Crippen LogP contribution in [0.3, 0.4) is 0 Å². The first-order valence-electron chi connectivity index (χ1n) is 10.8. The number of carbonyl (C=O) groups is 1. The molecule has 0 aliphatic rings. The van der Waals surface area contributed by atoms with Crippen LogP contribution in [0, 0.1) is 0 Å². The summed E-state index contributed by atoms with van der Waals surface area (Å²) in [5.74, 6) is 0.691. The Hall–Kier alpha value is -4.31. The molecule has 3 rings (SSSR count). The van der Waals surface area contributed by atoms with Crippen LogP contribution in [0.4, 0.5) is 5.69 Å². The molecule has 188 valence electrons. The Morgan fingerprint density at radius 2 is 1.69 bits per heavy atom. The second-order valence-corrected chi connectivity index (χ2v) is 9.19. The number of para-hydroxylation sites is 1. The van der Waals surface area contributed by atoms with Crippen LogP contribution in [0.5, 0.6) is 17.2 Å². The predicted molar refractivity (Wildman–Crippen MR) is 138 cm³/mol. The topological polar surface area (TPSA) is 107 Å². The van der Waals surface area contributed by atoms with Gasteiger partial charge in [0.05, 0.1) is 31.0 Å². The number of rotatable bonds is 12. The molecular formula is C26H27N3O6S. The van der Waals surface area contributed by atoms with E-state index in [2.05, 4.69) is 17.1 Å². The summed E-state index contributed by atoms with van der Waals surface area (Å²) in [4.78, 5) is 12.6. The maximum absolute atomic E-state index is 13.5. The molecule has 1 N–H and O–H groups in total. The zero-order chi connectivity index (χ0) is 26.0. The van der Waals surface area contributed by atoms with Crippen molar-refractivity contribution in [2.24, 2.45) is 5.10 Å². The lowest BCUT2D eigenvalue weighted by molar-refractivity contribution is -0.119. The Balaban J connectivity index is 1.78. The number of carbonyl (C=O) groups excluding carboxylic acids is 1. The molecule has 0 saturated heterocycles. The van der Waals surface area contributed by atoms with Gasteiger partial charge in [-0.1, -0.05) is 30.9 Å². The van der Waals surface area contributed by atoms with Crippen molar-refractivity contribution in [1.82, 2.24) is 5.43 Å². The average molecular weight is 510 g/mol. The molecule has 3 aromatic carbocycles. The van der Waals surface area contributed by atoms with Gasteiger partial charge in [-0.25, -0.2) is 13.8 Å². The summed E-state index contributed by atoms with van der Waals surface area (Å²) < 4.78 is 43.9. The minimum atomic E-state index is -4.13. The largest absolute Gasteiger partial charge is 0.493 e. The molecule has 3 aromatic rings. The molecular weight excluding hydrogens is 482 g/mol. The molecule has 0 atom stereocenters. The fraction of sp³-hybridized carbons (Fsp3) is 0.154. The molecule has 0 aliphatic heterocycles. The summed E-state index contributed by atoms with van der Waals surface area (Å²) in [6.45, 7) is 3.50. The van der Waals surface area contributed by atoms with E-state index < -0.39 is 22.5 Å². The summed E-state index contributed by atoms with van der Waals surface area (Å²) in [5, 5.41) is 3.95. The molecule has 0 heterocycles. The summed E-state index contributed by atoms with van der Waals surface area (Å²) in [7, 11) is -1.26. The minimum absolute atomic E-state index is 0.0564. The van der Waals surface area contributed by atoms with Gasteiger partial charge in [0.2, 0.25) is 0 Å². The fourth-order valence-electron chi connectivity index (χ4n) is 3.16. The van der Waals surface area contributed by atoms with Gasteiger partial charge >= 0.3 is 0 Å². The quantitative estimate of drug-likeness (QED) is 0.227. The molecule has 0 fully saturated rings. The van der Waals surface area contributed by atoms with E-state index >= 15 is 0 Å². The molecule has 0 spiro atoms. The van der Waals surface area contributed by atoms with Crippen molar-refractivity contribution in [1.29, 1.82) is 0 Å². The van der Waals surface area contributed by atoms with Crippen molar-refractivity contribution < 1.29 is 27.4 Å². The number of sulfonamides is 1.